The van der Waals surface area contributed by atoms with Crippen molar-refractivity contribution in [1.29, 1.82) is 0 Å². The molecular formula is C21H28O3. The maximum absolute atomic E-state index is 12.2. The van der Waals surface area contributed by atoms with Crippen molar-refractivity contribution < 1.29 is 14.3 Å². The summed E-state index contributed by atoms with van der Waals surface area (Å²) in [6, 6.07) is 10.4. The number of hydrogen-bond acceptors (Lipinski definition) is 3. The zero-order valence-corrected chi connectivity index (χ0v) is 15.0. The largest absolute Gasteiger partial charge is 0.370 e. The second-order valence-corrected chi connectivity index (χ2v) is 8.17. The van der Waals surface area contributed by atoms with Gasteiger partial charge < -0.3 is 9.53 Å². The highest BCUT2D eigenvalue weighted by Gasteiger charge is 2.66. The molecule has 4 fully saturated rings. The van der Waals surface area contributed by atoms with E-state index in [1.807, 2.05) is 6.07 Å². The number of carbonyl (C=O) groups excluding carboxylic acids is 2. The van der Waals surface area contributed by atoms with E-state index in [9.17, 15) is 9.59 Å². The molecule has 1 aromatic rings. The SMILES string of the molecule is CC(=O)C12CC3CC1CC(OCc1ccccc1)(C3)C2.CC(C)=O. The lowest BCUT2D eigenvalue weighted by molar-refractivity contribution is -0.133. The van der Waals surface area contributed by atoms with Crippen molar-refractivity contribution in [2.45, 2.75) is 65.1 Å². The standard InChI is InChI=1S/C18H22O2.C3H6O/c1-13(19)18-9-15-7-16(18)10-17(8-15,12-18)20-11-14-5-3-2-4-6-14;1-3(2)4/h2-6,15-16H,7-12H2,1H3;1-2H3. The van der Waals surface area contributed by atoms with Crippen LogP contribution in [0.15, 0.2) is 30.3 Å². The second kappa shape index (κ2) is 6.44. The van der Waals surface area contributed by atoms with Crippen molar-refractivity contribution >= 4 is 11.6 Å². The van der Waals surface area contributed by atoms with Gasteiger partial charge in [-0.2, -0.15) is 0 Å². The quantitative estimate of drug-likeness (QED) is 0.826. The molecular weight excluding hydrogens is 300 g/mol. The fourth-order valence-corrected chi connectivity index (χ4v) is 5.36. The Morgan fingerprint density at radius 1 is 1.08 bits per heavy atom. The Bertz CT molecular complexity index is 619. The van der Waals surface area contributed by atoms with Crippen molar-refractivity contribution in [3.05, 3.63) is 35.9 Å². The van der Waals surface area contributed by atoms with E-state index < -0.39 is 0 Å². The van der Waals surface area contributed by atoms with E-state index in [2.05, 4.69) is 24.3 Å². The van der Waals surface area contributed by atoms with Gasteiger partial charge in [0.05, 0.1) is 12.2 Å². The Morgan fingerprint density at radius 3 is 2.33 bits per heavy atom. The predicted molar refractivity (Wildman–Crippen MR) is 93.5 cm³/mol. The summed E-state index contributed by atoms with van der Waals surface area (Å²) in [5, 5.41) is 0. The molecule has 4 aliphatic rings. The monoisotopic (exact) mass is 328 g/mol. The molecule has 0 heterocycles. The third-order valence-electron chi connectivity index (χ3n) is 6.06. The third kappa shape index (κ3) is 3.19. The van der Waals surface area contributed by atoms with Crippen LogP contribution in [0.4, 0.5) is 0 Å². The van der Waals surface area contributed by atoms with Crippen LogP contribution in [0.2, 0.25) is 0 Å². The van der Waals surface area contributed by atoms with Gasteiger partial charge in [0.15, 0.2) is 0 Å². The molecule has 4 bridgehead atoms. The molecule has 3 nitrogen and oxygen atoms in total. The summed E-state index contributed by atoms with van der Waals surface area (Å²) >= 11 is 0. The molecule has 5 rings (SSSR count). The summed E-state index contributed by atoms with van der Waals surface area (Å²) in [6.07, 6.45) is 5.64. The normalized spacial score (nSPS) is 35.5. The van der Waals surface area contributed by atoms with E-state index in [-0.39, 0.29) is 16.8 Å². The molecule has 1 aromatic carbocycles. The molecule has 3 heteroatoms. The summed E-state index contributed by atoms with van der Waals surface area (Å²) in [4.78, 5) is 21.6. The number of rotatable bonds is 4. The van der Waals surface area contributed by atoms with Gasteiger partial charge in [0.2, 0.25) is 0 Å². The Balaban J connectivity index is 0.000000383. The van der Waals surface area contributed by atoms with Gasteiger partial charge in [0.1, 0.15) is 11.6 Å². The first-order valence-corrected chi connectivity index (χ1v) is 9.01. The van der Waals surface area contributed by atoms with Crippen molar-refractivity contribution in [2.75, 3.05) is 0 Å². The van der Waals surface area contributed by atoms with Crippen LogP contribution in [0.25, 0.3) is 0 Å². The van der Waals surface area contributed by atoms with Gasteiger partial charge in [0, 0.05) is 5.41 Å². The van der Waals surface area contributed by atoms with E-state index >= 15 is 0 Å². The summed E-state index contributed by atoms with van der Waals surface area (Å²) < 4.78 is 6.37. The fourth-order valence-electron chi connectivity index (χ4n) is 5.36. The minimum Gasteiger partial charge on any atom is -0.370 e. The van der Waals surface area contributed by atoms with Crippen molar-refractivity contribution in [3.8, 4) is 0 Å². The maximum atomic E-state index is 12.2. The number of Topliss-reactive ketones (excluding diaryl/α,β-unsaturated/α-hetero) is 2. The Labute approximate surface area is 144 Å². The molecule has 0 spiro atoms. The molecule has 4 unspecified atom stereocenters. The zero-order valence-electron chi connectivity index (χ0n) is 15.0. The Morgan fingerprint density at radius 2 is 1.75 bits per heavy atom. The third-order valence-corrected chi connectivity index (χ3v) is 6.06. The molecule has 0 aromatic heterocycles. The maximum Gasteiger partial charge on any atom is 0.136 e. The van der Waals surface area contributed by atoms with E-state index in [1.54, 1.807) is 6.92 Å². The fraction of sp³-hybridized carbons (Fsp3) is 0.619. The lowest BCUT2D eigenvalue weighted by Crippen LogP contribution is -2.40. The minimum absolute atomic E-state index is 0.00660. The molecule has 4 saturated carbocycles. The molecule has 4 atom stereocenters. The predicted octanol–water partition coefficient (Wildman–Crippen LogP) is 4.34. The minimum atomic E-state index is -0.0282. The zero-order chi connectivity index (χ0) is 17.4. The van der Waals surface area contributed by atoms with Crippen LogP contribution in [0, 0.1) is 17.3 Å². The van der Waals surface area contributed by atoms with Gasteiger partial charge in [-0.05, 0) is 70.3 Å². The Hall–Kier alpha value is -1.48. The molecule has 4 aliphatic carbocycles. The summed E-state index contributed by atoms with van der Waals surface area (Å²) in [6.45, 7) is 5.54. The topological polar surface area (TPSA) is 43.4 Å². The van der Waals surface area contributed by atoms with E-state index in [0.29, 0.717) is 18.3 Å². The van der Waals surface area contributed by atoms with Gasteiger partial charge in [0.25, 0.3) is 0 Å². The highest BCUT2D eigenvalue weighted by Crippen LogP contribution is 2.68. The Kier molecular flexibility index (Phi) is 4.65. The molecule has 0 saturated heterocycles. The molecule has 0 amide bonds. The van der Waals surface area contributed by atoms with Crippen molar-refractivity contribution in [2.24, 2.45) is 17.3 Å². The highest BCUT2D eigenvalue weighted by atomic mass is 16.5. The molecule has 0 N–H and O–H groups in total. The lowest BCUT2D eigenvalue weighted by Gasteiger charge is -2.40. The van der Waals surface area contributed by atoms with Crippen LogP contribution in [0.1, 0.15) is 58.4 Å². The number of benzene rings is 1. The van der Waals surface area contributed by atoms with Crippen LogP contribution in [0.5, 0.6) is 0 Å². The number of ether oxygens (including phenoxy) is 1. The number of hydrogen-bond donors (Lipinski definition) is 0. The smallest absolute Gasteiger partial charge is 0.136 e. The molecule has 0 radical (unpaired) electrons. The van der Waals surface area contributed by atoms with Crippen LogP contribution >= 0.6 is 0 Å². The number of carbonyl (C=O) groups is 2. The second-order valence-electron chi connectivity index (χ2n) is 8.17. The molecule has 130 valence electrons. The first kappa shape index (κ1) is 17.3. The van der Waals surface area contributed by atoms with E-state index in [0.717, 1.165) is 25.2 Å². The molecule has 24 heavy (non-hydrogen) atoms. The number of ketones is 2. The van der Waals surface area contributed by atoms with Crippen LogP contribution in [-0.4, -0.2) is 17.2 Å². The van der Waals surface area contributed by atoms with Gasteiger partial charge in [-0.3, -0.25) is 4.79 Å². The first-order valence-electron chi connectivity index (χ1n) is 9.01. The van der Waals surface area contributed by atoms with Gasteiger partial charge in [-0.1, -0.05) is 30.3 Å². The summed E-state index contributed by atoms with van der Waals surface area (Å²) in [7, 11) is 0. The lowest BCUT2D eigenvalue weighted by atomic mass is 9.71. The molecule has 0 aliphatic heterocycles. The highest BCUT2D eigenvalue weighted by molar-refractivity contribution is 5.84. The van der Waals surface area contributed by atoms with E-state index in [4.69, 9.17) is 4.74 Å². The van der Waals surface area contributed by atoms with Crippen LogP contribution < -0.4 is 0 Å². The van der Waals surface area contributed by atoms with Crippen LogP contribution in [-0.2, 0) is 20.9 Å². The average molecular weight is 328 g/mol. The summed E-state index contributed by atoms with van der Waals surface area (Å²) in [5.41, 5.74) is 1.20. The first-order chi connectivity index (χ1) is 11.4. The van der Waals surface area contributed by atoms with Crippen molar-refractivity contribution in [3.63, 3.8) is 0 Å². The van der Waals surface area contributed by atoms with Gasteiger partial charge in [-0.15, -0.1) is 0 Å². The van der Waals surface area contributed by atoms with Crippen molar-refractivity contribution in [1.82, 2.24) is 0 Å². The summed E-state index contributed by atoms with van der Waals surface area (Å²) in [5.74, 6) is 1.89. The van der Waals surface area contributed by atoms with Gasteiger partial charge >= 0.3 is 0 Å². The van der Waals surface area contributed by atoms with Crippen LogP contribution in [0.3, 0.4) is 0 Å². The van der Waals surface area contributed by atoms with E-state index in [1.165, 1.54) is 32.3 Å². The average Bonchev–Trinajstić information content (AvgIpc) is 2.90. The van der Waals surface area contributed by atoms with Gasteiger partial charge in [-0.25, -0.2) is 0 Å².